The van der Waals surface area contributed by atoms with Crippen LogP contribution >= 0.6 is 11.6 Å². The van der Waals surface area contributed by atoms with E-state index in [9.17, 15) is 8.42 Å². The normalized spacial score (nSPS) is 11.2. The Bertz CT molecular complexity index is 834. The molecule has 0 fully saturated rings. The largest absolute Gasteiger partial charge is 0.495 e. The van der Waals surface area contributed by atoms with Crippen LogP contribution in [0.5, 0.6) is 11.5 Å². The number of anilines is 1. The second kappa shape index (κ2) is 6.68. The first kappa shape index (κ1) is 17.4. The van der Waals surface area contributed by atoms with Crippen LogP contribution in [0.4, 0.5) is 5.69 Å². The molecule has 0 aliphatic heterocycles. The highest BCUT2D eigenvalue weighted by atomic mass is 35.5. The SMILES string of the molecule is COc1ccc(Cl)cc1NS(=O)(=O)c1cc(C)c(C)cc1OC. The van der Waals surface area contributed by atoms with Crippen molar-refractivity contribution in [3.8, 4) is 11.5 Å². The van der Waals surface area contributed by atoms with Crippen LogP contribution in [0.1, 0.15) is 11.1 Å². The third-order valence-corrected chi connectivity index (χ3v) is 5.10. The van der Waals surface area contributed by atoms with Crippen LogP contribution in [0.25, 0.3) is 0 Å². The van der Waals surface area contributed by atoms with Gasteiger partial charge in [0.25, 0.3) is 10.0 Å². The van der Waals surface area contributed by atoms with Crippen LogP contribution in [0.3, 0.4) is 0 Å². The summed E-state index contributed by atoms with van der Waals surface area (Å²) < 4.78 is 38.3. The molecule has 1 N–H and O–H groups in total. The molecular formula is C16H18ClNO4S. The molecule has 2 rings (SSSR count). The summed E-state index contributed by atoms with van der Waals surface area (Å²) in [5.74, 6) is 0.655. The van der Waals surface area contributed by atoms with Gasteiger partial charge in [-0.15, -0.1) is 0 Å². The Hall–Kier alpha value is -1.92. The summed E-state index contributed by atoms with van der Waals surface area (Å²) in [5.41, 5.74) is 2.06. The number of ether oxygens (including phenoxy) is 2. The predicted octanol–water partition coefficient (Wildman–Crippen LogP) is 3.77. The molecule has 0 aliphatic rings. The lowest BCUT2D eigenvalue weighted by Gasteiger charge is -2.15. The van der Waals surface area contributed by atoms with Gasteiger partial charge in [0.1, 0.15) is 16.4 Å². The summed E-state index contributed by atoms with van der Waals surface area (Å²) in [7, 11) is -0.969. The van der Waals surface area contributed by atoms with E-state index in [4.69, 9.17) is 21.1 Å². The zero-order chi connectivity index (χ0) is 17.2. The van der Waals surface area contributed by atoms with E-state index in [0.717, 1.165) is 11.1 Å². The maximum Gasteiger partial charge on any atom is 0.265 e. The quantitative estimate of drug-likeness (QED) is 0.886. The first-order chi connectivity index (χ1) is 10.8. The van der Waals surface area contributed by atoms with Crippen molar-refractivity contribution >= 4 is 27.3 Å². The van der Waals surface area contributed by atoms with Gasteiger partial charge in [0.2, 0.25) is 0 Å². The molecular weight excluding hydrogens is 338 g/mol. The minimum Gasteiger partial charge on any atom is -0.495 e. The van der Waals surface area contributed by atoms with Gasteiger partial charge >= 0.3 is 0 Å². The number of benzene rings is 2. The van der Waals surface area contributed by atoms with Crippen molar-refractivity contribution in [3.05, 3.63) is 46.5 Å². The molecule has 0 spiro atoms. The number of hydrogen-bond acceptors (Lipinski definition) is 4. The van der Waals surface area contributed by atoms with Crippen molar-refractivity contribution in [3.63, 3.8) is 0 Å². The Kier molecular flexibility index (Phi) is 5.06. The Morgan fingerprint density at radius 2 is 1.57 bits per heavy atom. The lowest BCUT2D eigenvalue weighted by molar-refractivity contribution is 0.402. The molecule has 0 aromatic heterocycles. The third-order valence-electron chi connectivity index (χ3n) is 3.48. The van der Waals surface area contributed by atoms with E-state index in [2.05, 4.69) is 4.72 Å². The summed E-state index contributed by atoms with van der Waals surface area (Å²) >= 11 is 5.94. The second-order valence-electron chi connectivity index (χ2n) is 5.04. The van der Waals surface area contributed by atoms with E-state index in [1.54, 1.807) is 24.3 Å². The first-order valence-electron chi connectivity index (χ1n) is 6.80. The number of halogens is 1. The van der Waals surface area contributed by atoms with Gasteiger partial charge in [0, 0.05) is 5.02 Å². The highest BCUT2D eigenvalue weighted by Gasteiger charge is 2.22. The van der Waals surface area contributed by atoms with Gasteiger partial charge in [-0.25, -0.2) is 8.42 Å². The lowest BCUT2D eigenvalue weighted by Crippen LogP contribution is -2.15. The van der Waals surface area contributed by atoms with Crippen molar-refractivity contribution in [2.24, 2.45) is 0 Å². The molecule has 0 saturated carbocycles. The molecule has 0 amide bonds. The lowest BCUT2D eigenvalue weighted by atomic mass is 10.1. The zero-order valence-corrected chi connectivity index (χ0v) is 14.9. The van der Waals surface area contributed by atoms with Gasteiger partial charge in [0.15, 0.2) is 0 Å². The molecule has 0 unspecified atom stereocenters. The average molecular weight is 356 g/mol. The van der Waals surface area contributed by atoms with Crippen molar-refractivity contribution in [1.82, 2.24) is 0 Å². The highest BCUT2D eigenvalue weighted by Crippen LogP contribution is 2.33. The smallest absolute Gasteiger partial charge is 0.265 e. The van der Waals surface area contributed by atoms with E-state index in [-0.39, 0.29) is 16.3 Å². The molecule has 0 heterocycles. The summed E-state index contributed by atoms with van der Waals surface area (Å²) in [6.07, 6.45) is 0. The molecule has 0 saturated heterocycles. The first-order valence-corrected chi connectivity index (χ1v) is 8.66. The Labute approximate surface area is 141 Å². The van der Waals surface area contributed by atoms with E-state index >= 15 is 0 Å². The number of aryl methyl sites for hydroxylation is 2. The van der Waals surface area contributed by atoms with Gasteiger partial charge in [-0.1, -0.05) is 11.6 Å². The number of nitrogens with one attached hydrogen (secondary N) is 1. The van der Waals surface area contributed by atoms with E-state index in [1.807, 2.05) is 13.8 Å². The van der Waals surface area contributed by atoms with Crippen LogP contribution in [-0.4, -0.2) is 22.6 Å². The molecule has 7 heteroatoms. The molecule has 0 bridgehead atoms. The van der Waals surface area contributed by atoms with Crippen molar-refractivity contribution in [2.75, 3.05) is 18.9 Å². The molecule has 5 nitrogen and oxygen atoms in total. The molecule has 0 radical (unpaired) electrons. The van der Waals surface area contributed by atoms with E-state index in [0.29, 0.717) is 10.8 Å². The number of hydrogen-bond donors (Lipinski definition) is 1. The number of sulfonamides is 1. The van der Waals surface area contributed by atoms with Crippen LogP contribution in [0.15, 0.2) is 35.2 Å². The Balaban J connectivity index is 2.52. The molecule has 0 atom stereocenters. The van der Waals surface area contributed by atoms with Crippen LogP contribution in [0.2, 0.25) is 5.02 Å². The second-order valence-corrected chi connectivity index (χ2v) is 7.12. The fourth-order valence-electron chi connectivity index (χ4n) is 2.09. The fraction of sp³-hybridized carbons (Fsp3) is 0.250. The maximum atomic E-state index is 12.7. The third kappa shape index (κ3) is 3.71. The molecule has 2 aromatic rings. The van der Waals surface area contributed by atoms with E-state index < -0.39 is 10.0 Å². The van der Waals surface area contributed by atoms with Gasteiger partial charge < -0.3 is 9.47 Å². The minimum absolute atomic E-state index is 0.0603. The molecule has 2 aromatic carbocycles. The van der Waals surface area contributed by atoms with Crippen molar-refractivity contribution < 1.29 is 17.9 Å². The minimum atomic E-state index is -3.86. The summed E-state index contributed by atoms with van der Waals surface area (Å²) in [4.78, 5) is 0.0603. The Morgan fingerprint density at radius 3 is 2.17 bits per heavy atom. The monoisotopic (exact) mass is 355 g/mol. The molecule has 0 aliphatic carbocycles. The topological polar surface area (TPSA) is 64.6 Å². The average Bonchev–Trinajstić information content (AvgIpc) is 2.49. The fourth-order valence-corrected chi connectivity index (χ4v) is 3.56. The van der Waals surface area contributed by atoms with Gasteiger partial charge in [-0.05, 0) is 55.3 Å². The summed E-state index contributed by atoms with van der Waals surface area (Å²) in [6.45, 7) is 3.73. The molecule has 23 heavy (non-hydrogen) atoms. The van der Waals surface area contributed by atoms with E-state index in [1.165, 1.54) is 20.3 Å². The number of rotatable bonds is 5. The van der Waals surface area contributed by atoms with Crippen molar-refractivity contribution in [2.45, 2.75) is 18.7 Å². The Morgan fingerprint density at radius 1 is 0.957 bits per heavy atom. The van der Waals surface area contributed by atoms with Crippen LogP contribution < -0.4 is 14.2 Å². The van der Waals surface area contributed by atoms with Crippen LogP contribution in [-0.2, 0) is 10.0 Å². The van der Waals surface area contributed by atoms with Gasteiger partial charge in [-0.3, -0.25) is 4.72 Å². The molecule has 124 valence electrons. The highest BCUT2D eigenvalue weighted by molar-refractivity contribution is 7.92. The number of methoxy groups -OCH3 is 2. The summed E-state index contributed by atoms with van der Waals surface area (Å²) in [6, 6.07) is 7.98. The van der Waals surface area contributed by atoms with Crippen molar-refractivity contribution in [1.29, 1.82) is 0 Å². The standard InChI is InChI=1S/C16H18ClNO4S/c1-10-7-15(22-4)16(8-11(10)2)23(19,20)18-13-9-12(17)5-6-14(13)21-3/h5-9,18H,1-4H3. The maximum absolute atomic E-state index is 12.7. The zero-order valence-electron chi connectivity index (χ0n) is 13.3. The van der Waals surface area contributed by atoms with Crippen LogP contribution in [0, 0.1) is 13.8 Å². The predicted molar refractivity (Wildman–Crippen MR) is 91.3 cm³/mol. The van der Waals surface area contributed by atoms with Gasteiger partial charge in [0.05, 0.1) is 19.9 Å². The van der Waals surface area contributed by atoms with Gasteiger partial charge in [-0.2, -0.15) is 0 Å². The summed E-state index contributed by atoms with van der Waals surface area (Å²) in [5, 5.41) is 0.399.